The van der Waals surface area contributed by atoms with Crippen molar-refractivity contribution in [1.82, 2.24) is 5.32 Å². The Hall–Kier alpha value is -0.610. The molecule has 4 heteroatoms. The highest BCUT2D eigenvalue weighted by Crippen LogP contribution is 2.32. The first-order valence-corrected chi connectivity index (χ1v) is 7.77. The molecule has 0 spiro atoms. The monoisotopic (exact) mass is 328 g/mol. The number of hydrogen-bond donors (Lipinski definition) is 1. The molecular weight excluding hydrogens is 307 g/mol. The lowest BCUT2D eigenvalue weighted by molar-refractivity contribution is 0.477. The van der Waals surface area contributed by atoms with E-state index in [9.17, 15) is 4.39 Å². The van der Waals surface area contributed by atoms with Gasteiger partial charge in [0, 0.05) is 17.6 Å². The minimum Gasteiger partial charge on any atom is -0.368 e. The van der Waals surface area contributed by atoms with Crippen LogP contribution in [0, 0.1) is 17.7 Å². The van der Waals surface area contributed by atoms with E-state index in [-0.39, 0.29) is 5.82 Å². The van der Waals surface area contributed by atoms with Gasteiger partial charge in [0.05, 0.1) is 5.69 Å². The Morgan fingerprint density at radius 3 is 2.95 bits per heavy atom. The predicted octanol–water partition coefficient (Wildman–Crippen LogP) is 3.66. The first-order valence-electron chi connectivity index (χ1n) is 6.97. The zero-order chi connectivity index (χ0) is 13.8. The average molecular weight is 329 g/mol. The number of hydrogen-bond acceptors (Lipinski definition) is 2. The second-order valence-electron chi connectivity index (χ2n) is 5.72. The molecule has 19 heavy (non-hydrogen) atoms. The van der Waals surface area contributed by atoms with Crippen LogP contribution in [0.5, 0.6) is 0 Å². The smallest absolute Gasteiger partial charge is 0.147 e. The van der Waals surface area contributed by atoms with Crippen LogP contribution in [0.15, 0.2) is 22.7 Å². The van der Waals surface area contributed by atoms with Gasteiger partial charge < -0.3 is 10.2 Å². The lowest BCUT2D eigenvalue weighted by atomic mass is 10.1. The third kappa shape index (κ3) is 3.93. The Morgan fingerprint density at radius 1 is 1.47 bits per heavy atom. The summed E-state index contributed by atoms with van der Waals surface area (Å²) in [6.45, 7) is 8.38. The van der Waals surface area contributed by atoms with Crippen molar-refractivity contribution in [1.29, 1.82) is 0 Å². The summed E-state index contributed by atoms with van der Waals surface area (Å²) >= 11 is 3.45. The van der Waals surface area contributed by atoms with E-state index in [0.717, 1.165) is 37.1 Å². The van der Waals surface area contributed by atoms with Gasteiger partial charge in [-0.3, -0.25) is 0 Å². The molecule has 1 aliphatic heterocycles. The van der Waals surface area contributed by atoms with Gasteiger partial charge in [0.1, 0.15) is 5.82 Å². The highest BCUT2D eigenvalue weighted by atomic mass is 79.9. The van der Waals surface area contributed by atoms with Gasteiger partial charge in [0.15, 0.2) is 0 Å². The van der Waals surface area contributed by atoms with Gasteiger partial charge in [-0.15, -0.1) is 0 Å². The van der Waals surface area contributed by atoms with Crippen LogP contribution in [-0.4, -0.2) is 26.2 Å². The molecular formula is C15H22BrFN2. The minimum absolute atomic E-state index is 0.134. The predicted molar refractivity (Wildman–Crippen MR) is 82.1 cm³/mol. The molecule has 1 saturated heterocycles. The van der Waals surface area contributed by atoms with E-state index >= 15 is 0 Å². The van der Waals surface area contributed by atoms with Crippen LogP contribution in [0.25, 0.3) is 0 Å². The van der Waals surface area contributed by atoms with E-state index < -0.39 is 0 Å². The van der Waals surface area contributed by atoms with Crippen LogP contribution in [0.4, 0.5) is 10.1 Å². The topological polar surface area (TPSA) is 15.3 Å². The molecule has 1 heterocycles. The maximum absolute atomic E-state index is 13.9. The molecule has 0 radical (unpaired) electrons. The molecule has 1 aliphatic rings. The number of anilines is 1. The maximum Gasteiger partial charge on any atom is 0.147 e. The summed E-state index contributed by atoms with van der Waals surface area (Å²) in [5.41, 5.74) is 0.717. The first kappa shape index (κ1) is 14.8. The van der Waals surface area contributed by atoms with Crippen LogP contribution in [-0.2, 0) is 0 Å². The number of nitrogens with one attached hydrogen (secondary N) is 1. The van der Waals surface area contributed by atoms with Crippen molar-refractivity contribution in [3.63, 3.8) is 0 Å². The van der Waals surface area contributed by atoms with Crippen LogP contribution in [0.3, 0.4) is 0 Å². The Balaban J connectivity index is 1.91. The molecule has 2 rings (SSSR count). The van der Waals surface area contributed by atoms with Crippen molar-refractivity contribution >= 4 is 21.6 Å². The summed E-state index contributed by atoms with van der Waals surface area (Å²) in [7, 11) is 0. The summed E-state index contributed by atoms with van der Waals surface area (Å²) < 4.78 is 14.8. The molecule has 1 fully saturated rings. The van der Waals surface area contributed by atoms with E-state index in [0.29, 0.717) is 17.5 Å². The van der Waals surface area contributed by atoms with Crippen molar-refractivity contribution in [3.8, 4) is 0 Å². The fourth-order valence-corrected chi connectivity index (χ4v) is 3.16. The summed E-state index contributed by atoms with van der Waals surface area (Å²) in [4.78, 5) is 2.15. The van der Waals surface area contributed by atoms with Crippen LogP contribution in [0.2, 0.25) is 0 Å². The number of rotatable bonds is 5. The molecule has 0 amide bonds. The van der Waals surface area contributed by atoms with E-state index in [1.54, 1.807) is 6.07 Å². The maximum atomic E-state index is 13.9. The van der Waals surface area contributed by atoms with Crippen molar-refractivity contribution in [3.05, 3.63) is 28.5 Å². The molecule has 2 nitrogen and oxygen atoms in total. The van der Waals surface area contributed by atoms with Gasteiger partial charge in [-0.25, -0.2) is 4.39 Å². The van der Waals surface area contributed by atoms with Gasteiger partial charge in [-0.2, -0.15) is 0 Å². The second-order valence-corrected chi connectivity index (χ2v) is 6.58. The highest BCUT2D eigenvalue weighted by molar-refractivity contribution is 9.10. The highest BCUT2D eigenvalue weighted by Gasteiger charge is 2.25. The van der Waals surface area contributed by atoms with E-state index in [1.807, 2.05) is 6.07 Å². The Morgan fingerprint density at radius 2 is 2.26 bits per heavy atom. The SMILES string of the molecule is CC(C)CNCC1CCN(c2c(F)cccc2Br)C1. The zero-order valence-corrected chi connectivity index (χ0v) is 13.2. The molecule has 1 N–H and O–H groups in total. The fraction of sp³-hybridized carbons (Fsp3) is 0.600. The van der Waals surface area contributed by atoms with Crippen LogP contribution < -0.4 is 10.2 Å². The number of nitrogens with zero attached hydrogens (tertiary/aromatic N) is 1. The van der Waals surface area contributed by atoms with Crippen molar-refractivity contribution < 1.29 is 4.39 Å². The van der Waals surface area contributed by atoms with E-state index in [2.05, 4.69) is 40.0 Å². The second kappa shape index (κ2) is 6.71. The molecule has 0 aromatic heterocycles. The number of para-hydroxylation sites is 1. The quantitative estimate of drug-likeness (QED) is 0.887. The fourth-order valence-electron chi connectivity index (χ4n) is 2.57. The van der Waals surface area contributed by atoms with Crippen molar-refractivity contribution in [2.75, 3.05) is 31.1 Å². The normalized spacial score (nSPS) is 19.4. The molecule has 1 atom stereocenters. The lowest BCUT2D eigenvalue weighted by Gasteiger charge is -2.21. The van der Waals surface area contributed by atoms with Gasteiger partial charge in [0.25, 0.3) is 0 Å². The first-order chi connectivity index (χ1) is 9.08. The molecule has 0 saturated carbocycles. The lowest BCUT2D eigenvalue weighted by Crippen LogP contribution is -2.29. The van der Waals surface area contributed by atoms with Crippen molar-refractivity contribution in [2.45, 2.75) is 20.3 Å². The number of halogens is 2. The largest absolute Gasteiger partial charge is 0.368 e. The molecule has 1 unspecified atom stereocenters. The average Bonchev–Trinajstić information content (AvgIpc) is 2.77. The molecule has 1 aromatic carbocycles. The Bertz CT molecular complexity index is 402. The van der Waals surface area contributed by atoms with Gasteiger partial charge in [0.2, 0.25) is 0 Å². The minimum atomic E-state index is -0.134. The van der Waals surface area contributed by atoms with Gasteiger partial charge in [-0.1, -0.05) is 19.9 Å². The molecule has 1 aromatic rings. The molecule has 0 aliphatic carbocycles. The van der Waals surface area contributed by atoms with E-state index in [4.69, 9.17) is 0 Å². The van der Waals surface area contributed by atoms with E-state index in [1.165, 1.54) is 6.07 Å². The zero-order valence-electron chi connectivity index (χ0n) is 11.6. The number of benzene rings is 1. The summed E-state index contributed by atoms with van der Waals surface area (Å²) in [6.07, 6.45) is 1.13. The van der Waals surface area contributed by atoms with Crippen molar-refractivity contribution in [2.24, 2.45) is 11.8 Å². The summed E-state index contributed by atoms with van der Waals surface area (Å²) in [5, 5.41) is 3.50. The van der Waals surface area contributed by atoms with Crippen LogP contribution >= 0.6 is 15.9 Å². The Kier molecular flexibility index (Phi) is 5.22. The standard InChI is InChI=1S/C15H22BrFN2/c1-11(2)8-18-9-12-6-7-19(10-12)15-13(16)4-3-5-14(15)17/h3-5,11-12,18H,6-10H2,1-2H3. The van der Waals surface area contributed by atoms with Crippen LogP contribution in [0.1, 0.15) is 20.3 Å². The Labute approximate surface area is 123 Å². The van der Waals surface area contributed by atoms with Gasteiger partial charge >= 0.3 is 0 Å². The molecule has 0 bridgehead atoms. The van der Waals surface area contributed by atoms with Gasteiger partial charge in [-0.05, 0) is 59.4 Å². The summed E-state index contributed by atoms with van der Waals surface area (Å²) in [6, 6.07) is 5.17. The third-order valence-corrected chi connectivity index (χ3v) is 4.17. The third-order valence-electron chi connectivity index (χ3n) is 3.53. The molecule has 106 valence electrons. The summed E-state index contributed by atoms with van der Waals surface area (Å²) in [5.74, 6) is 1.16.